The van der Waals surface area contributed by atoms with E-state index in [1.54, 1.807) is 42.0 Å². The molecule has 9 aromatic heterocycles. The molecule has 2 N–H and O–H groups in total. The quantitative estimate of drug-likeness (QED) is 0.0219. The van der Waals surface area contributed by atoms with Crippen LogP contribution in [0.25, 0.3) is 88.7 Å². The van der Waals surface area contributed by atoms with E-state index in [2.05, 4.69) is 236 Å². The van der Waals surface area contributed by atoms with Gasteiger partial charge in [0, 0.05) is 237 Å². The average Bonchev–Trinajstić information content (AvgIpc) is 1.61. The van der Waals surface area contributed by atoms with Crippen molar-refractivity contribution in [3.63, 3.8) is 0 Å². The van der Waals surface area contributed by atoms with Crippen LogP contribution in [-0.4, -0.2) is 233 Å². The number of aromatic nitrogens is 12. The van der Waals surface area contributed by atoms with Crippen LogP contribution in [0.2, 0.25) is 77.1 Å². The lowest BCUT2D eigenvalue weighted by Gasteiger charge is -2.34. The van der Waals surface area contributed by atoms with Crippen molar-refractivity contribution in [1.29, 1.82) is 0 Å². The molecule has 12 heterocycles. The number of aldehydes is 1. The van der Waals surface area contributed by atoms with Crippen LogP contribution < -0.4 is 24.8 Å². The van der Waals surface area contributed by atoms with Crippen molar-refractivity contribution in [2.75, 3.05) is 112 Å². The molecule has 3 aliphatic heterocycles. The van der Waals surface area contributed by atoms with Gasteiger partial charge < -0.3 is 58.3 Å². The van der Waals surface area contributed by atoms with Crippen LogP contribution in [0.3, 0.4) is 0 Å². The normalized spacial score (nSPS) is 14.2. The number of benzene rings is 7. The molecule has 3 saturated heterocycles. The Bertz CT molecular complexity index is 7030. The number of fused-ring (bicyclic) bond motifs is 9. The molecule has 762 valence electrons. The number of carbonyl (C=O) groups is 3. The summed E-state index contributed by atoms with van der Waals surface area (Å²) in [5.41, 5.74) is 20.8. The van der Waals surface area contributed by atoms with Gasteiger partial charge in [0.25, 0.3) is 0 Å². The summed E-state index contributed by atoms with van der Waals surface area (Å²) in [7, 11) is -3.36. The SMILES string of the molecule is C.C[Si](C)(C)CCOCn1nccc1-c1ccc(Oc2ccc3nc(C=O)ccc3c2)nc1.C[Si](C)(C)CCOCn1nccc1-c1ccc(Oc2ccc3nc(CN4CCN(C(=O)OCC5c6ccccc6-c6ccccc65)CC4)ccc3c2)nc1.C[Si](C)(C)CCOCn1nccc1-c1ccc(Oc2ccc3nc(CN4CCNCC4)ccc3c2)nc1.O=C(OCC1c2ccccc2-c2ccccc21)N1CCNCC1.[2HH]. The first-order valence-corrected chi connectivity index (χ1v) is 61.5. The minimum absolute atomic E-state index is 0. The molecule has 0 atom stereocenters. The molecule has 2 amide bonds. The maximum Gasteiger partial charge on any atom is 0.409 e. The summed E-state index contributed by atoms with van der Waals surface area (Å²) in [5, 5.41) is 22.8. The summed E-state index contributed by atoms with van der Waals surface area (Å²) in [4.78, 5) is 72.3. The zero-order chi connectivity index (χ0) is 101. The van der Waals surface area contributed by atoms with Crippen molar-refractivity contribution in [3.8, 4) is 90.9 Å². The number of carbonyl (C=O) groups excluding carboxylic acids is 3. The number of nitrogens with one attached hydrogen (secondary N) is 2. The second-order valence-electron chi connectivity index (χ2n) is 40.8. The van der Waals surface area contributed by atoms with Gasteiger partial charge in [0.2, 0.25) is 17.6 Å². The number of hydrogen-bond acceptors (Lipinski definition) is 24. The lowest BCUT2D eigenvalue weighted by Crippen LogP contribution is -2.48. The third-order valence-corrected chi connectivity index (χ3v) is 31.6. The Balaban J connectivity index is 0.000000147. The molecular weight excluding hydrogens is 1890 g/mol. The first-order chi connectivity index (χ1) is 70.9. The average molecular weight is 2030 g/mol. The van der Waals surface area contributed by atoms with Gasteiger partial charge in [-0.25, -0.2) is 43.6 Å². The molecule has 7 aromatic carbocycles. The van der Waals surface area contributed by atoms with Crippen molar-refractivity contribution >= 4 is 75.4 Å². The molecule has 5 aliphatic rings. The molecule has 0 unspecified atom stereocenters. The van der Waals surface area contributed by atoms with E-state index in [0.717, 1.165) is 200 Å². The highest BCUT2D eigenvalue weighted by molar-refractivity contribution is 6.76. The van der Waals surface area contributed by atoms with Gasteiger partial charge in [-0.3, -0.25) is 24.6 Å². The van der Waals surface area contributed by atoms with Gasteiger partial charge in [-0.15, -0.1) is 0 Å². The summed E-state index contributed by atoms with van der Waals surface area (Å²) >= 11 is 0. The minimum atomic E-state index is -1.14. The van der Waals surface area contributed by atoms with E-state index in [9.17, 15) is 14.4 Å². The Hall–Kier alpha value is -14.2. The van der Waals surface area contributed by atoms with Gasteiger partial charge in [0.1, 0.15) is 56.3 Å². The molecular formula is C115H134N18O11Si3. The third-order valence-electron chi connectivity index (χ3n) is 26.4. The Morgan fingerprint density at radius 2 is 0.707 bits per heavy atom. The number of rotatable bonds is 33. The maximum absolute atomic E-state index is 13.1. The van der Waals surface area contributed by atoms with Crippen molar-refractivity contribution in [3.05, 3.63) is 319 Å². The first kappa shape index (κ1) is 104. The Morgan fingerprint density at radius 1 is 0.374 bits per heavy atom. The molecule has 147 heavy (non-hydrogen) atoms. The maximum atomic E-state index is 13.1. The van der Waals surface area contributed by atoms with Crippen LogP contribution in [0.1, 0.15) is 64.8 Å². The molecule has 2 aliphatic carbocycles. The van der Waals surface area contributed by atoms with E-state index in [1.165, 1.54) is 44.5 Å². The minimum Gasteiger partial charge on any atom is -0.448 e. The molecule has 0 spiro atoms. The number of ether oxygens (including phenoxy) is 8. The second kappa shape index (κ2) is 48.9. The highest BCUT2D eigenvalue weighted by Crippen LogP contribution is 2.47. The standard InChI is InChI=1S/C43H46N6O4Si.C28H36N6O2Si.C24H26N4O3Si.C19H20N2O2.CH4.H2/c1-54(2,3)25-24-51-30-49-41(18-19-45-49)32-13-17-42(44-27-32)53-34-15-16-40-31(26-34)12-14-33(46-40)28-47-20-22-48(23-21-47)43(50)52-29-39-37-10-6-4-8-35(37)36-9-5-7-11-38(36)39;1-37(2,3)17-16-35-21-34-27(10-11-31-34)23-5-9-28(30-19-23)36-25-7-8-26-22(18-25)4-6-24(32-26)20-33-14-12-29-13-15-33;1-32(2,3)13-12-30-17-28-23(10-11-26-28)19-5-9-24(25-15-19)31-21-7-8-22-18(14-21)4-6-20(16-29)27-22;22-19(21-11-9-20-10-12-21)23-13-18-16-7-3-1-5-14(16)15-6-2-4-8-17(15)18;;/h4-19,26-27,39H,20-25,28-30H2,1-3H3;4-11,18-19,29H,12-17,20-21H2,1-3H3;4-11,14-16H,12-13,17H2,1-3H3;1-8,18,20H,9-13H2;1H4;1H/i;;;;;1+1. The number of amides is 2. The number of piperazine rings is 3. The van der Waals surface area contributed by atoms with Gasteiger partial charge in [-0.05, 0) is 172 Å². The van der Waals surface area contributed by atoms with Crippen LogP contribution in [0.4, 0.5) is 9.59 Å². The Labute approximate surface area is 864 Å². The van der Waals surface area contributed by atoms with Crippen molar-refractivity contribution < 1.29 is 53.7 Å². The van der Waals surface area contributed by atoms with Crippen molar-refractivity contribution in [2.45, 2.75) is 130 Å². The predicted molar refractivity (Wildman–Crippen MR) is 588 cm³/mol. The van der Waals surface area contributed by atoms with E-state index < -0.39 is 24.2 Å². The Morgan fingerprint density at radius 3 is 1.05 bits per heavy atom. The fraction of sp³-hybridized carbons (Fsp3) is 0.322. The lowest BCUT2D eigenvalue weighted by atomic mass is 9.98. The summed E-state index contributed by atoms with van der Waals surface area (Å²) in [6.07, 6.45) is 11.0. The van der Waals surface area contributed by atoms with Crippen LogP contribution in [-0.2, 0) is 57.0 Å². The monoisotopic (exact) mass is 2030 g/mol. The molecule has 0 radical (unpaired) electrons. The van der Waals surface area contributed by atoms with E-state index in [0.29, 0.717) is 87.9 Å². The Kier molecular flexibility index (Phi) is 34.7. The van der Waals surface area contributed by atoms with Crippen molar-refractivity contribution in [1.82, 2.24) is 89.5 Å². The summed E-state index contributed by atoms with van der Waals surface area (Å²) in [6.45, 7) is 37.1. The fourth-order valence-corrected chi connectivity index (χ4v) is 20.5. The molecule has 3 fully saturated rings. The highest BCUT2D eigenvalue weighted by Gasteiger charge is 2.34. The summed E-state index contributed by atoms with van der Waals surface area (Å²) in [6, 6.07) is 83.7. The largest absolute Gasteiger partial charge is 0.448 e. The highest BCUT2D eigenvalue weighted by atomic mass is 28.3. The van der Waals surface area contributed by atoms with E-state index >= 15 is 0 Å². The number of pyridine rings is 6. The van der Waals surface area contributed by atoms with Gasteiger partial charge in [0.15, 0.2) is 6.29 Å². The fourth-order valence-electron chi connectivity index (χ4n) is 18.2. The van der Waals surface area contributed by atoms with E-state index in [-0.39, 0.29) is 32.9 Å². The first-order valence-electron chi connectivity index (χ1n) is 50.4. The zero-order valence-electron chi connectivity index (χ0n) is 84.6. The predicted octanol–water partition coefficient (Wildman–Crippen LogP) is 22.8. The van der Waals surface area contributed by atoms with Crippen molar-refractivity contribution in [2.24, 2.45) is 0 Å². The second-order valence-corrected chi connectivity index (χ2v) is 57.7. The topological polar surface area (TPSA) is 293 Å². The van der Waals surface area contributed by atoms with E-state index in [1.807, 2.05) is 140 Å². The molecule has 16 aromatic rings. The van der Waals surface area contributed by atoms with Crippen LogP contribution in [0.5, 0.6) is 34.9 Å². The van der Waals surface area contributed by atoms with Gasteiger partial charge in [0.05, 0.1) is 45.0 Å². The molecule has 29 nitrogen and oxygen atoms in total. The molecule has 0 saturated carbocycles. The molecule has 0 bridgehead atoms. The van der Waals surface area contributed by atoms with Gasteiger partial charge in [-0.1, -0.05) is 182 Å². The van der Waals surface area contributed by atoms with Gasteiger partial charge in [-0.2, -0.15) is 15.3 Å². The van der Waals surface area contributed by atoms with Gasteiger partial charge >= 0.3 is 12.2 Å². The van der Waals surface area contributed by atoms with E-state index in [4.69, 9.17) is 47.9 Å². The molecule has 32 heteroatoms. The number of nitrogens with zero attached hydrogens (tertiary/aromatic N) is 16. The number of hydrogen-bond donors (Lipinski definition) is 2. The summed E-state index contributed by atoms with van der Waals surface area (Å²) < 4.78 is 52.8. The zero-order valence-corrected chi connectivity index (χ0v) is 87.6. The van der Waals surface area contributed by atoms with Crippen LogP contribution >= 0.6 is 0 Å². The third kappa shape index (κ3) is 28.0. The smallest absolute Gasteiger partial charge is 0.409 e. The summed E-state index contributed by atoms with van der Waals surface area (Å²) in [5.74, 6) is 3.83. The lowest BCUT2D eigenvalue weighted by molar-refractivity contribution is 0.0725. The molecule has 21 rings (SSSR count). The van der Waals surface area contributed by atoms with Crippen LogP contribution in [0, 0.1) is 0 Å². The van der Waals surface area contributed by atoms with Crippen LogP contribution in [0.15, 0.2) is 280 Å².